The number of likely N-dealkylation sites (tertiary alicyclic amines) is 1. The average Bonchev–Trinajstić information content (AvgIpc) is 3.10. The van der Waals surface area contributed by atoms with Crippen LogP contribution in [0.25, 0.3) is 0 Å². The first kappa shape index (κ1) is 20.3. The zero-order valence-electron chi connectivity index (χ0n) is 15.8. The molecular weight excluding hydrogens is 378 g/mol. The monoisotopic (exact) mass is 403 g/mol. The summed E-state index contributed by atoms with van der Waals surface area (Å²) in [6, 6.07) is 14.1. The van der Waals surface area contributed by atoms with Crippen molar-refractivity contribution in [2.75, 3.05) is 25.0 Å². The lowest BCUT2D eigenvalue weighted by atomic mass is 10.0. The quantitative estimate of drug-likeness (QED) is 0.740. The van der Waals surface area contributed by atoms with E-state index >= 15 is 0 Å². The molecule has 1 atom stereocenters. The van der Waals surface area contributed by atoms with Crippen LogP contribution in [0.4, 0.5) is 5.69 Å². The van der Waals surface area contributed by atoms with Gasteiger partial charge < -0.3 is 10.1 Å². The molecule has 2 aromatic rings. The molecule has 0 saturated carbocycles. The molecule has 7 nitrogen and oxygen atoms in total. The smallest absolute Gasteiger partial charge is 0.238 e. The van der Waals surface area contributed by atoms with Crippen molar-refractivity contribution in [3.8, 4) is 5.75 Å². The third-order valence-corrected chi connectivity index (χ3v) is 5.64. The summed E-state index contributed by atoms with van der Waals surface area (Å²) in [5, 5.41) is 7.90. The Balaban J connectivity index is 1.64. The van der Waals surface area contributed by atoms with E-state index in [1.807, 2.05) is 31.2 Å². The third kappa shape index (κ3) is 5.09. The zero-order valence-corrected chi connectivity index (χ0v) is 16.6. The van der Waals surface area contributed by atoms with Crippen LogP contribution in [0, 0.1) is 0 Å². The number of nitrogens with one attached hydrogen (secondary N) is 1. The first-order valence-corrected chi connectivity index (χ1v) is 10.8. The molecule has 1 aliphatic rings. The van der Waals surface area contributed by atoms with Crippen LogP contribution >= 0.6 is 0 Å². The van der Waals surface area contributed by atoms with E-state index in [9.17, 15) is 13.2 Å². The minimum Gasteiger partial charge on any atom is -0.494 e. The van der Waals surface area contributed by atoms with Gasteiger partial charge in [0.1, 0.15) is 5.75 Å². The van der Waals surface area contributed by atoms with Gasteiger partial charge in [0, 0.05) is 11.7 Å². The lowest BCUT2D eigenvalue weighted by molar-refractivity contribution is -0.117. The number of nitrogens with zero attached hydrogens (tertiary/aromatic N) is 1. The van der Waals surface area contributed by atoms with Crippen LogP contribution in [0.15, 0.2) is 53.4 Å². The van der Waals surface area contributed by atoms with Gasteiger partial charge >= 0.3 is 0 Å². The Hall–Kier alpha value is -2.42. The number of anilines is 1. The fourth-order valence-electron chi connectivity index (χ4n) is 3.48. The van der Waals surface area contributed by atoms with Gasteiger partial charge in [-0.3, -0.25) is 9.69 Å². The molecule has 0 radical (unpaired) electrons. The van der Waals surface area contributed by atoms with E-state index in [1.54, 1.807) is 12.1 Å². The Kier molecular flexibility index (Phi) is 6.33. The summed E-state index contributed by atoms with van der Waals surface area (Å²) < 4.78 is 28.4. The number of primary sulfonamides is 1. The Morgan fingerprint density at radius 3 is 2.68 bits per heavy atom. The van der Waals surface area contributed by atoms with E-state index in [0.717, 1.165) is 30.7 Å². The van der Waals surface area contributed by atoms with Gasteiger partial charge in [-0.15, -0.1) is 0 Å². The van der Waals surface area contributed by atoms with Crippen LogP contribution < -0.4 is 15.2 Å². The maximum Gasteiger partial charge on any atom is 0.238 e. The molecule has 28 heavy (non-hydrogen) atoms. The predicted octanol–water partition coefficient (Wildman–Crippen LogP) is 2.51. The van der Waals surface area contributed by atoms with E-state index < -0.39 is 10.0 Å². The molecule has 1 saturated heterocycles. The Morgan fingerprint density at radius 1 is 1.25 bits per heavy atom. The van der Waals surface area contributed by atoms with Crippen molar-refractivity contribution in [3.63, 3.8) is 0 Å². The Labute approximate surface area is 165 Å². The largest absolute Gasteiger partial charge is 0.494 e. The van der Waals surface area contributed by atoms with Gasteiger partial charge in [-0.05, 0) is 62.2 Å². The summed E-state index contributed by atoms with van der Waals surface area (Å²) in [6.45, 7) is 3.64. The first-order valence-electron chi connectivity index (χ1n) is 9.26. The summed E-state index contributed by atoms with van der Waals surface area (Å²) in [5.74, 6) is 0.646. The van der Waals surface area contributed by atoms with Gasteiger partial charge in [0.15, 0.2) is 0 Å². The van der Waals surface area contributed by atoms with Crippen molar-refractivity contribution < 1.29 is 17.9 Å². The second kappa shape index (κ2) is 8.72. The number of ether oxygens (including phenoxy) is 1. The van der Waals surface area contributed by atoms with Crippen LogP contribution in [0.5, 0.6) is 5.75 Å². The SMILES string of the molecule is CCOc1ccc([C@@H]2CCCN2CC(=O)Nc2cccc(S(N)(=O)=O)c2)cc1. The van der Waals surface area contributed by atoms with Gasteiger partial charge in [0.05, 0.1) is 18.0 Å². The predicted molar refractivity (Wildman–Crippen MR) is 108 cm³/mol. The van der Waals surface area contributed by atoms with Gasteiger partial charge in [0.2, 0.25) is 15.9 Å². The third-order valence-electron chi connectivity index (χ3n) is 4.73. The summed E-state index contributed by atoms with van der Waals surface area (Å²) in [7, 11) is -3.81. The Morgan fingerprint density at radius 2 is 2.00 bits per heavy atom. The molecule has 1 aliphatic heterocycles. The van der Waals surface area contributed by atoms with Crippen molar-refractivity contribution in [1.29, 1.82) is 0 Å². The molecule has 8 heteroatoms. The summed E-state index contributed by atoms with van der Waals surface area (Å²) in [5.41, 5.74) is 1.57. The number of sulfonamides is 1. The highest BCUT2D eigenvalue weighted by Crippen LogP contribution is 2.32. The summed E-state index contributed by atoms with van der Waals surface area (Å²) >= 11 is 0. The molecule has 150 valence electrons. The highest BCUT2D eigenvalue weighted by molar-refractivity contribution is 7.89. The van der Waals surface area contributed by atoms with E-state index in [1.165, 1.54) is 12.1 Å². The van der Waals surface area contributed by atoms with Crippen molar-refractivity contribution in [1.82, 2.24) is 4.90 Å². The van der Waals surface area contributed by atoms with E-state index in [4.69, 9.17) is 9.88 Å². The molecule has 0 spiro atoms. The van der Waals surface area contributed by atoms with Gasteiger partial charge in [0.25, 0.3) is 0 Å². The maximum absolute atomic E-state index is 12.5. The van der Waals surface area contributed by atoms with Gasteiger partial charge in [-0.1, -0.05) is 18.2 Å². The van der Waals surface area contributed by atoms with E-state index in [-0.39, 0.29) is 23.4 Å². The zero-order chi connectivity index (χ0) is 20.1. The fourth-order valence-corrected chi connectivity index (χ4v) is 4.04. The van der Waals surface area contributed by atoms with Crippen LogP contribution in [-0.2, 0) is 14.8 Å². The number of benzene rings is 2. The molecular formula is C20H25N3O4S. The van der Waals surface area contributed by atoms with E-state index in [2.05, 4.69) is 10.2 Å². The number of nitrogens with two attached hydrogens (primary N) is 1. The van der Waals surface area contributed by atoms with Gasteiger partial charge in [-0.2, -0.15) is 0 Å². The topological polar surface area (TPSA) is 102 Å². The highest BCUT2D eigenvalue weighted by atomic mass is 32.2. The molecule has 0 aliphatic carbocycles. The lowest BCUT2D eigenvalue weighted by Crippen LogP contribution is -2.33. The normalized spacial score (nSPS) is 17.4. The van der Waals surface area contributed by atoms with Crippen molar-refractivity contribution in [3.05, 3.63) is 54.1 Å². The molecule has 3 N–H and O–H groups in total. The number of rotatable bonds is 7. The number of amides is 1. The average molecular weight is 404 g/mol. The van der Waals surface area contributed by atoms with Gasteiger partial charge in [-0.25, -0.2) is 13.6 Å². The summed E-state index contributed by atoms with van der Waals surface area (Å²) in [4.78, 5) is 14.6. The lowest BCUT2D eigenvalue weighted by Gasteiger charge is -2.24. The molecule has 0 unspecified atom stereocenters. The second-order valence-corrected chi connectivity index (χ2v) is 8.31. The fraction of sp³-hybridized carbons (Fsp3) is 0.350. The maximum atomic E-state index is 12.5. The van der Waals surface area contributed by atoms with Crippen LogP contribution in [0.1, 0.15) is 31.4 Å². The Bertz CT molecular complexity index is 929. The summed E-state index contributed by atoms with van der Waals surface area (Å²) in [6.07, 6.45) is 2.01. The minimum absolute atomic E-state index is 0.0289. The van der Waals surface area contributed by atoms with Crippen molar-refractivity contribution >= 4 is 21.6 Å². The number of hydrogen-bond acceptors (Lipinski definition) is 5. The first-order chi connectivity index (χ1) is 13.4. The number of carbonyl (C=O) groups excluding carboxylic acids is 1. The number of hydrogen-bond donors (Lipinski definition) is 2. The molecule has 1 fully saturated rings. The van der Waals surface area contributed by atoms with Crippen LogP contribution in [0.3, 0.4) is 0 Å². The molecule has 3 rings (SSSR count). The molecule has 2 aromatic carbocycles. The molecule has 1 heterocycles. The van der Waals surface area contributed by atoms with Crippen molar-refractivity contribution in [2.45, 2.75) is 30.7 Å². The number of carbonyl (C=O) groups is 1. The molecule has 0 bridgehead atoms. The molecule has 1 amide bonds. The van der Waals surface area contributed by atoms with E-state index in [0.29, 0.717) is 12.3 Å². The second-order valence-electron chi connectivity index (χ2n) is 6.75. The van der Waals surface area contributed by atoms with Crippen LogP contribution in [0.2, 0.25) is 0 Å². The highest BCUT2D eigenvalue weighted by Gasteiger charge is 2.27. The van der Waals surface area contributed by atoms with Crippen molar-refractivity contribution in [2.24, 2.45) is 5.14 Å². The molecule has 0 aromatic heterocycles. The standard InChI is InChI=1S/C20H25N3O4S/c1-2-27-17-10-8-15(9-11-17)19-7-4-12-23(19)14-20(24)22-16-5-3-6-18(13-16)28(21,25)26/h3,5-6,8-11,13,19H,2,4,7,12,14H2,1H3,(H,22,24)(H2,21,25,26)/t19-/m0/s1. The van der Waals surface area contributed by atoms with Crippen LogP contribution in [-0.4, -0.2) is 38.9 Å². The minimum atomic E-state index is -3.81.